The van der Waals surface area contributed by atoms with Crippen LogP contribution in [0.15, 0.2) is 0 Å². The van der Waals surface area contributed by atoms with Crippen molar-refractivity contribution in [1.29, 1.82) is 0 Å². The molecule has 1 saturated heterocycles. The van der Waals surface area contributed by atoms with Gasteiger partial charge in [-0.25, -0.2) is 9.59 Å². The third kappa shape index (κ3) is 5.27. The molecule has 0 radical (unpaired) electrons. The lowest BCUT2D eigenvalue weighted by Crippen LogP contribution is -2.51. The van der Waals surface area contributed by atoms with E-state index in [0.717, 1.165) is 24.3 Å². The van der Waals surface area contributed by atoms with Gasteiger partial charge < -0.3 is 20.5 Å². The monoisotopic (exact) mass is 262 g/mol. The fraction of sp³-hybridized carbons (Fsp3) is 0.800. The summed E-state index contributed by atoms with van der Waals surface area (Å²) in [5, 5.41) is 14.0. The molecule has 2 amide bonds. The topological polar surface area (TPSA) is 87.7 Å². The smallest absolute Gasteiger partial charge is 0.328 e. The molecule has 1 aliphatic rings. The quantitative estimate of drug-likeness (QED) is 0.662. The Kier molecular flexibility index (Phi) is 6.13. The van der Waals surface area contributed by atoms with Crippen molar-refractivity contribution in [3.05, 3.63) is 0 Å². The van der Waals surface area contributed by atoms with Gasteiger partial charge >= 0.3 is 12.0 Å². The molecule has 0 spiro atoms. The number of ether oxygens (including phenoxy) is 1. The van der Waals surface area contributed by atoms with Gasteiger partial charge in [0, 0.05) is 18.9 Å². The van der Waals surface area contributed by atoms with E-state index in [0.29, 0.717) is 0 Å². The first kappa shape index (κ1) is 14.1. The van der Waals surface area contributed by atoms with Crippen molar-refractivity contribution in [3.8, 4) is 0 Å². The van der Waals surface area contributed by atoms with Crippen molar-refractivity contribution in [3.63, 3.8) is 0 Å². The minimum atomic E-state index is -1.10. The highest BCUT2D eigenvalue weighted by Crippen LogP contribution is 2.16. The molecule has 2 unspecified atom stereocenters. The number of thioether (sulfide) groups is 1. The Bertz CT molecular complexity index is 269. The molecule has 0 bridgehead atoms. The second kappa shape index (κ2) is 7.39. The Hall–Kier alpha value is -0.950. The highest BCUT2D eigenvalue weighted by Gasteiger charge is 2.22. The molecule has 0 aromatic carbocycles. The normalized spacial score (nSPS) is 21.6. The molecule has 0 aliphatic carbocycles. The first-order valence-corrected chi connectivity index (χ1v) is 6.65. The molecular formula is C10H18N2O4S. The maximum Gasteiger partial charge on any atom is 0.328 e. The van der Waals surface area contributed by atoms with Crippen LogP contribution in [0.2, 0.25) is 0 Å². The summed E-state index contributed by atoms with van der Waals surface area (Å²) >= 11 is 1.80. The average Bonchev–Trinajstić information content (AvgIpc) is 2.29. The summed E-state index contributed by atoms with van der Waals surface area (Å²) in [4.78, 5) is 22.3. The SMILES string of the molecule is COCC(NC(=O)NC1CCCSC1)C(=O)O. The lowest BCUT2D eigenvalue weighted by atomic mass is 10.2. The Balaban J connectivity index is 2.33. The maximum absolute atomic E-state index is 11.6. The second-order valence-electron chi connectivity index (χ2n) is 3.88. The number of hydrogen-bond acceptors (Lipinski definition) is 4. The molecule has 6 nitrogen and oxygen atoms in total. The van der Waals surface area contributed by atoms with Crippen LogP contribution >= 0.6 is 11.8 Å². The number of amides is 2. The molecular weight excluding hydrogens is 244 g/mol. The molecule has 3 N–H and O–H groups in total. The number of urea groups is 1. The van der Waals surface area contributed by atoms with Crippen LogP contribution in [0, 0.1) is 0 Å². The van der Waals surface area contributed by atoms with E-state index in [-0.39, 0.29) is 12.6 Å². The summed E-state index contributed by atoms with van der Waals surface area (Å²) in [6.45, 7) is -0.0395. The molecule has 7 heteroatoms. The Labute approximate surface area is 104 Å². The summed E-state index contributed by atoms with van der Waals surface area (Å²) in [6, 6.07) is -1.32. The first-order valence-electron chi connectivity index (χ1n) is 5.50. The van der Waals surface area contributed by atoms with Crippen molar-refractivity contribution in [1.82, 2.24) is 10.6 Å². The Morgan fingerprint density at radius 3 is 2.88 bits per heavy atom. The third-order valence-electron chi connectivity index (χ3n) is 2.43. The van der Waals surface area contributed by atoms with E-state index in [2.05, 4.69) is 10.6 Å². The average molecular weight is 262 g/mol. The predicted molar refractivity (Wildman–Crippen MR) is 65.3 cm³/mol. The van der Waals surface area contributed by atoms with E-state index >= 15 is 0 Å². The molecule has 1 aliphatic heterocycles. The molecule has 2 atom stereocenters. The standard InChI is InChI=1S/C10H18N2O4S/c1-16-5-8(9(13)14)12-10(15)11-7-3-2-4-17-6-7/h7-8H,2-6H2,1H3,(H,13,14)(H2,11,12,15). The minimum Gasteiger partial charge on any atom is -0.480 e. The number of aliphatic carboxylic acids is 1. The highest BCUT2D eigenvalue weighted by molar-refractivity contribution is 7.99. The summed E-state index contributed by atoms with van der Waals surface area (Å²) in [5.41, 5.74) is 0. The van der Waals surface area contributed by atoms with Gasteiger partial charge in [-0.2, -0.15) is 11.8 Å². The lowest BCUT2D eigenvalue weighted by Gasteiger charge is -2.23. The summed E-state index contributed by atoms with van der Waals surface area (Å²) in [5.74, 6) is 0.913. The van der Waals surface area contributed by atoms with E-state index in [1.54, 1.807) is 11.8 Å². The van der Waals surface area contributed by atoms with E-state index < -0.39 is 18.0 Å². The summed E-state index contributed by atoms with van der Waals surface area (Å²) in [7, 11) is 1.40. The number of nitrogens with one attached hydrogen (secondary N) is 2. The molecule has 1 rings (SSSR count). The molecule has 0 aromatic rings. The zero-order valence-electron chi connectivity index (χ0n) is 9.77. The predicted octanol–water partition coefficient (Wildman–Crippen LogP) is 0.281. The molecule has 1 fully saturated rings. The van der Waals surface area contributed by atoms with E-state index in [1.807, 2.05) is 0 Å². The van der Waals surface area contributed by atoms with Gasteiger partial charge in [0.2, 0.25) is 0 Å². The number of carboxylic acid groups (broad SMARTS) is 1. The van der Waals surface area contributed by atoms with Crippen LogP contribution < -0.4 is 10.6 Å². The Morgan fingerprint density at radius 2 is 2.35 bits per heavy atom. The van der Waals surface area contributed by atoms with Gasteiger partial charge in [0.15, 0.2) is 6.04 Å². The number of methoxy groups -OCH3 is 1. The van der Waals surface area contributed by atoms with Crippen LogP contribution in [-0.4, -0.2) is 54.4 Å². The molecule has 1 heterocycles. The molecule has 0 aromatic heterocycles. The lowest BCUT2D eigenvalue weighted by molar-refractivity contribution is -0.140. The van der Waals surface area contributed by atoms with Crippen molar-refractivity contribution in [2.24, 2.45) is 0 Å². The van der Waals surface area contributed by atoms with Crippen molar-refractivity contribution >= 4 is 23.8 Å². The van der Waals surface area contributed by atoms with Crippen LogP contribution in [0.4, 0.5) is 4.79 Å². The summed E-state index contributed by atoms with van der Waals surface area (Å²) in [6.07, 6.45) is 2.03. The third-order valence-corrected chi connectivity index (χ3v) is 3.65. The van der Waals surface area contributed by atoms with Crippen LogP contribution in [-0.2, 0) is 9.53 Å². The molecule has 0 saturated carbocycles. The zero-order valence-corrected chi connectivity index (χ0v) is 10.6. The fourth-order valence-electron chi connectivity index (χ4n) is 1.58. The van der Waals surface area contributed by atoms with Crippen LogP contribution in [0.3, 0.4) is 0 Å². The molecule has 17 heavy (non-hydrogen) atoms. The molecule has 98 valence electrons. The van der Waals surface area contributed by atoms with E-state index in [9.17, 15) is 9.59 Å². The van der Waals surface area contributed by atoms with E-state index in [4.69, 9.17) is 9.84 Å². The number of hydrogen-bond donors (Lipinski definition) is 3. The Morgan fingerprint density at radius 1 is 1.59 bits per heavy atom. The van der Waals surface area contributed by atoms with Gasteiger partial charge in [0.05, 0.1) is 6.61 Å². The number of carboxylic acids is 1. The van der Waals surface area contributed by atoms with Crippen LogP contribution in [0.1, 0.15) is 12.8 Å². The van der Waals surface area contributed by atoms with Gasteiger partial charge in [-0.05, 0) is 18.6 Å². The van der Waals surface area contributed by atoms with Crippen LogP contribution in [0.25, 0.3) is 0 Å². The van der Waals surface area contributed by atoms with Gasteiger partial charge in [-0.1, -0.05) is 0 Å². The van der Waals surface area contributed by atoms with Crippen LogP contribution in [0.5, 0.6) is 0 Å². The zero-order chi connectivity index (χ0) is 12.7. The highest BCUT2D eigenvalue weighted by atomic mass is 32.2. The van der Waals surface area contributed by atoms with Crippen molar-refractivity contribution < 1.29 is 19.4 Å². The number of carbonyl (C=O) groups is 2. The minimum absolute atomic E-state index is 0.0395. The van der Waals surface area contributed by atoms with Gasteiger partial charge in [-0.15, -0.1) is 0 Å². The fourth-order valence-corrected chi connectivity index (χ4v) is 2.65. The second-order valence-corrected chi connectivity index (χ2v) is 5.03. The maximum atomic E-state index is 11.6. The largest absolute Gasteiger partial charge is 0.480 e. The van der Waals surface area contributed by atoms with Crippen molar-refractivity contribution in [2.75, 3.05) is 25.2 Å². The number of carbonyl (C=O) groups excluding carboxylic acids is 1. The first-order chi connectivity index (χ1) is 8.13. The van der Waals surface area contributed by atoms with Gasteiger partial charge in [0.1, 0.15) is 0 Å². The van der Waals surface area contributed by atoms with Gasteiger partial charge in [0.25, 0.3) is 0 Å². The number of rotatable bonds is 5. The summed E-state index contributed by atoms with van der Waals surface area (Å²) < 4.78 is 4.73. The van der Waals surface area contributed by atoms with Crippen molar-refractivity contribution in [2.45, 2.75) is 24.9 Å². The van der Waals surface area contributed by atoms with E-state index in [1.165, 1.54) is 7.11 Å². The van der Waals surface area contributed by atoms with Gasteiger partial charge in [-0.3, -0.25) is 0 Å².